The van der Waals surface area contributed by atoms with Gasteiger partial charge in [-0.25, -0.2) is 4.39 Å². The lowest BCUT2D eigenvalue weighted by atomic mass is 10.1. The molecule has 0 saturated carbocycles. The molecule has 0 unspecified atom stereocenters. The van der Waals surface area contributed by atoms with Crippen molar-refractivity contribution in [1.82, 2.24) is 5.32 Å². The maximum Gasteiger partial charge on any atom is 0.249 e. The van der Waals surface area contributed by atoms with Crippen molar-refractivity contribution in [2.24, 2.45) is 5.73 Å². The van der Waals surface area contributed by atoms with Gasteiger partial charge in [0.2, 0.25) is 5.91 Å². The second kappa shape index (κ2) is 8.19. The quantitative estimate of drug-likeness (QED) is 0.864. The van der Waals surface area contributed by atoms with Crippen LogP contribution in [0, 0.1) is 5.82 Å². The summed E-state index contributed by atoms with van der Waals surface area (Å²) in [6, 6.07) is 6.57. The van der Waals surface area contributed by atoms with E-state index in [4.69, 9.17) is 10.5 Å². The molecule has 20 heavy (non-hydrogen) atoms. The zero-order valence-corrected chi connectivity index (χ0v) is 12.0. The highest BCUT2D eigenvalue weighted by Crippen LogP contribution is 2.18. The van der Waals surface area contributed by atoms with Crippen molar-refractivity contribution in [1.29, 1.82) is 0 Å². The Morgan fingerprint density at radius 3 is 2.80 bits per heavy atom. The van der Waals surface area contributed by atoms with Crippen LogP contribution in [0.3, 0.4) is 0 Å². The molecule has 2 atom stereocenters. The van der Waals surface area contributed by atoms with Crippen molar-refractivity contribution in [2.45, 2.75) is 31.5 Å². The molecule has 0 radical (unpaired) electrons. The van der Waals surface area contributed by atoms with Gasteiger partial charge in [-0.1, -0.05) is 18.2 Å². The lowest BCUT2D eigenvalue weighted by molar-refractivity contribution is -0.131. The number of rotatable bonds is 5. The van der Waals surface area contributed by atoms with Crippen LogP contribution in [0.4, 0.5) is 4.39 Å². The van der Waals surface area contributed by atoms with Gasteiger partial charge in [0.15, 0.2) is 0 Å². The predicted molar refractivity (Wildman–Crippen MR) is 77.3 cm³/mol. The molecule has 0 spiro atoms. The Labute approximate surface area is 124 Å². The monoisotopic (exact) mass is 302 g/mol. The average molecular weight is 303 g/mol. The summed E-state index contributed by atoms with van der Waals surface area (Å²) in [6.45, 7) is 0.853. The van der Waals surface area contributed by atoms with E-state index in [2.05, 4.69) is 5.32 Å². The van der Waals surface area contributed by atoms with Gasteiger partial charge in [-0.3, -0.25) is 4.79 Å². The molecule has 0 aromatic heterocycles. The van der Waals surface area contributed by atoms with E-state index in [0.717, 1.165) is 6.42 Å². The van der Waals surface area contributed by atoms with E-state index < -0.39 is 6.10 Å². The minimum absolute atomic E-state index is 0. The fraction of sp³-hybridized carbons (Fsp3) is 0.500. The van der Waals surface area contributed by atoms with Gasteiger partial charge < -0.3 is 15.8 Å². The lowest BCUT2D eigenvalue weighted by Crippen LogP contribution is -2.36. The first-order valence-corrected chi connectivity index (χ1v) is 6.57. The minimum Gasteiger partial charge on any atom is -0.364 e. The van der Waals surface area contributed by atoms with Gasteiger partial charge >= 0.3 is 0 Å². The van der Waals surface area contributed by atoms with E-state index in [1.165, 1.54) is 6.07 Å². The molecule has 112 valence electrons. The largest absolute Gasteiger partial charge is 0.364 e. The molecule has 2 rings (SSSR count). The van der Waals surface area contributed by atoms with E-state index >= 15 is 0 Å². The molecular formula is C14H20ClFN2O2. The van der Waals surface area contributed by atoms with Crippen LogP contribution in [0.2, 0.25) is 0 Å². The molecule has 6 heteroatoms. The summed E-state index contributed by atoms with van der Waals surface area (Å²) >= 11 is 0. The Balaban J connectivity index is 0.00000200. The normalized spacial score (nSPS) is 21.3. The second-order valence-corrected chi connectivity index (χ2v) is 4.69. The molecule has 1 amide bonds. The Morgan fingerprint density at radius 2 is 2.15 bits per heavy atom. The highest BCUT2D eigenvalue weighted by Gasteiger charge is 2.29. The zero-order chi connectivity index (χ0) is 13.7. The minimum atomic E-state index is -0.408. The number of halogens is 2. The molecule has 1 fully saturated rings. The first kappa shape index (κ1) is 16.9. The lowest BCUT2D eigenvalue weighted by Gasteiger charge is -2.12. The Kier molecular flexibility index (Phi) is 6.91. The van der Waals surface area contributed by atoms with Gasteiger partial charge in [-0.05, 0) is 30.9 Å². The van der Waals surface area contributed by atoms with Crippen molar-refractivity contribution in [2.75, 3.05) is 13.1 Å². The summed E-state index contributed by atoms with van der Waals surface area (Å²) < 4.78 is 18.8. The molecule has 1 aliphatic rings. The van der Waals surface area contributed by atoms with Crippen LogP contribution in [0.25, 0.3) is 0 Å². The molecule has 1 aliphatic heterocycles. The number of carbonyl (C=O) groups is 1. The molecule has 1 saturated heterocycles. The summed E-state index contributed by atoms with van der Waals surface area (Å²) in [4.78, 5) is 11.8. The van der Waals surface area contributed by atoms with Crippen LogP contribution in [0.5, 0.6) is 0 Å². The molecule has 0 bridgehead atoms. The predicted octanol–water partition coefficient (Wildman–Crippen LogP) is 1.41. The number of nitrogens with one attached hydrogen (secondary N) is 1. The first-order chi connectivity index (χ1) is 9.20. The van der Waals surface area contributed by atoms with Gasteiger partial charge in [-0.2, -0.15) is 0 Å². The van der Waals surface area contributed by atoms with Crippen LogP contribution in [-0.4, -0.2) is 31.2 Å². The van der Waals surface area contributed by atoms with Gasteiger partial charge in [-0.15, -0.1) is 12.4 Å². The van der Waals surface area contributed by atoms with Gasteiger partial charge in [0.05, 0.1) is 6.10 Å². The summed E-state index contributed by atoms with van der Waals surface area (Å²) in [6.07, 6.45) is 1.58. The number of hydrogen-bond acceptors (Lipinski definition) is 3. The summed E-state index contributed by atoms with van der Waals surface area (Å²) in [5.41, 5.74) is 6.10. The molecular weight excluding hydrogens is 283 g/mol. The van der Waals surface area contributed by atoms with Crippen LogP contribution in [0.1, 0.15) is 18.4 Å². The molecule has 3 N–H and O–H groups in total. The van der Waals surface area contributed by atoms with Gasteiger partial charge in [0.25, 0.3) is 0 Å². The fourth-order valence-corrected chi connectivity index (χ4v) is 2.21. The van der Waals surface area contributed by atoms with Crippen LogP contribution in [0.15, 0.2) is 24.3 Å². The second-order valence-electron chi connectivity index (χ2n) is 4.69. The first-order valence-electron chi connectivity index (χ1n) is 6.57. The Hall–Kier alpha value is -1.17. The summed E-state index contributed by atoms with van der Waals surface area (Å²) in [5, 5.41) is 2.77. The Morgan fingerprint density at radius 1 is 1.40 bits per heavy atom. The SMILES string of the molecule is Cl.NC[C@H]1CC[C@@H](C(=O)NCCc2ccccc2F)O1. The smallest absolute Gasteiger partial charge is 0.249 e. The molecule has 1 aromatic carbocycles. The number of carbonyl (C=O) groups excluding carboxylic acids is 1. The van der Waals surface area contributed by atoms with E-state index in [0.29, 0.717) is 31.5 Å². The van der Waals surface area contributed by atoms with E-state index in [-0.39, 0.29) is 30.2 Å². The summed E-state index contributed by atoms with van der Waals surface area (Å²) in [7, 11) is 0. The molecule has 1 aromatic rings. The summed E-state index contributed by atoms with van der Waals surface area (Å²) in [5.74, 6) is -0.371. The van der Waals surface area contributed by atoms with E-state index in [1.807, 2.05) is 0 Å². The van der Waals surface area contributed by atoms with Crippen molar-refractivity contribution in [3.8, 4) is 0 Å². The van der Waals surface area contributed by atoms with Crippen molar-refractivity contribution in [3.05, 3.63) is 35.6 Å². The molecule has 4 nitrogen and oxygen atoms in total. The number of hydrogen-bond donors (Lipinski definition) is 2. The number of ether oxygens (including phenoxy) is 1. The highest BCUT2D eigenvalue weighted by molar-refractivity contribution is 5.85. The standard InChI is InChI=1S/C14H19FN2O2.ClH/c15-12-4-2-1-3-10(12)7-8-17-14(18)13-6-5-11(9-16)19-13;/h1-4,11,13H,5-9,16H2,(H,17,18);1H/t11-,13+;/m1./s1. The van der Waals surface area contributed by atoms with Gasteiger partial charge in [0.1, 0.15) is 11.9 Å². The highest BCUT2D eigenvalue weighted by atomic mass is 35.5. The Bertz CT molecular complexity index is 445. The third-order valence-electron chi connectivity index (χ3n) is 3.31. The van der Waals surface area contributed by atoms with E-state index in [9.17, 15) is 9.18 Å². The fourth-order valence-electron chi connectivity index (χ4n) is 2.21. The number of nitrogens with two attached hydrogens (primary N) is 1. The number of amides is 1. The van der Waals surface area contributed by atoms with Crippen LogP contribution >= 0.6 is 12.4 Å². The number of benzene rings is 1. The molecule has 0 aliphatic carbocycles. The van der Waals surface area contributed by atoms with Gasteiger partial charge in [0, 0.05) is 13.1 Å². The van der Waals surface area contributed by atoms with E-state index in [1.54, 1.807) is 18.2 Å². The topological polar surface area (TPSA) is 64.4 Å². The van der Waals surface area contributed by atoms with Crippen molar-refractivity contribution < 1.29 is 13.9 Å². The van der Waals surface area contributed by atoms with Crippen molar-refractivity contribution in [3.63, 3.8) is 0 Å². The van der Waals surface area contributed by atoms with Crippen LogP contribution in [-0.2, 0) is 16.0 Å². The maximum absolute atomic E-state index is 13.4. The van der Waals surface area contributed by atoms with Crippen molar-refractivity contribution >= 4 is 18.3 Å². The maximum atomic E-state index is 13.4. The average Bonchev–Trinajstić information content (AvgIpc) is 2.90. The molecule has 1 heterocycles. The zero-order valence-electron chi connectivity index (χ0n) is 11.2. The van der Waals surface area contributed by atoms with Crippen LogP contribution < -0.4 is 11.1 Å². The third-order valence-corrected chi connectivity index (χ3v) is 3.31. The third kappa shape index (κ3) is 4.44.